The van der Waals surface area contributed by atoms with Crippen molar-refractivity contribution < 1.29 is 4.79 Å². The van der Waals surface area contributed by atoms with Gasteiger partial charge in [0, 0.05) is 41.3 Å². The molecule has 5 nitrogen and oxygen atoms in total. The smallest absolute Gasteiger partial charge is 0.271 e. The number of fused-ring (bicyclic) bond motifs is 1. The number of benzene rings is 1. The molecule has 6 heteroatoms. The first-order chi connectivity index (χ1) is 13.3. The van der Waals surface area contributed by atoms with Crippen LogP contribution in [0.4, 0.5) is 5.69 Å². The van der Waals surface area contributed by atoms with Gasteiger partial charge < -0.3 is 4.90 Å². The molecule has 1 aromatic carbocycles. The van der Waals surface area contributed by atoms with Crippen LogP contribution < -0.4 is 10.3 Å². The fraction of sp³-hybridized carbons (Fsp3) is 0.318. The van der Waals surface area contributed by atoms with Crippen LogP contribution in [0.2, 0.25) is 5.02 Å². The molecule has 0 atom stereocenters. The van der Waals surface area contributed by atoms with Gasteiger partial charge in [0.05, 0.1) is 16.8 Å². The molecule has 2 heterocycles. The van der Waals surface area contributed by atoms with E-state index in [9.17, 15) is 4.79 Å². The summed E-state index contributed by atoms with van der Waals surface area (Å²) in [5, 5.41) is 4.68. The summed E-state index contributed by atoms with van der Waals surface area (Å²) >= 11 is 6.54. The van der Waals surface area contributed by atoms with Crippen LogP contribution in [0.5, 0.6) is 0 Å². The minimum atomic E-state index is -0.292. The van der Waals surface area contributed by atoms with Crippen molar-refractivity contribution in [2.24, 2.45) is 5.10 Å². The molecule has 0 bridgehead atoms. The second kappa shape index (κ2) is 8.15. The highest BCUT2D eigenvalue weighted by molar-refractivity contribution is 6.33. The Balaban J connectivity index is 1.87. The number of anilines is 1. The Bertz CT molecular complexity index is 935. The van der Waals surface area contributed by atoms with Crippen molar-refractivity contribution in [1.29, 1.82) is 0 Å². The van der Waals surface area contributed by atoms with Gasteiger partial charge in [-0.2, -0.15) is 5.10 Å². The maximum absolute atomic E-state index is 12.1. The maximum atomic E-state index is 12.1. The monoisotopic (exact) mass is 396 g/mol. The second-order valence-corrected chi connectivity index (χ2v) is 7.87. The lowest BCUT2D eigenvalue weighted by Gasteiger charge is -2.43. The molecule has 0 saturated heterocycles. The minimum Gasteiger partial charge on any atom is -0.362 e. The predicted molar refractivity (Wildman–Crippen MR) is 116 cm³/mol. The number of carbonyl (C=O) groups excluding carboxylic acids is 1. The molecule has 0 fully saturated rings. The van der Waals surface area contributed by atoms with Gasteiger partial charge in [-0.25, -0.2) is 5.43 Å². The van der Waals surface area contributed by atoms with Crippen molar-refractivity contribution >= 4 is 35.0 Å². The van der Waals surface area contributed by atoms with Crippen LogP contribution in [0.3, 0.4) is 0 Å². The standard InChI is InChI=1S/C22H25ClN4O/c1-5-10-27-20-12-19(23)17(11-18(20)15(2)13-22(27,3)4)14-25-26-21(28)16-6-8-24-9-7-16/h6-9,11-14H,5,10H2,1-4H3,(H,26,28)/b25-14-. The first kappa shape index (κ1) is 20.1. The van der Waals surface area contributed by atoms with E-state index in [-0.39, 0.29) is 11.4 Å². The molecule has 0 spiro atoms. The van der Waals surface area contributed by atoms with Gasteiger partial charge >= 0.3 is 0 Å². The third-order valence-electron chi connectivity index (χ3n) is 4.86. The predicted octanol–water partition coefficient (Wildman–Crippen LogP) is 4.91. The van der Waals surface area contributed by atoms with Crippen molar-refractivity contribution in [3.8, 4) is 0 Å². The number of hydrogen-bond donors (Lipinski definition) is 1. The molecule has 0 aliphatic carbocycles. The number of halogens is 1. The van der Waals surface area contributed by atoms with E-state index in [1.807, 2.05) is 12.1 Å². The van der Waals surface area contributed by atoms with E-state index in [1.54, 1.807) is 30.7 Å². The maximum Gasteiger partial charge on any atom is 0.271 e. The van der Waals surface area contributed by atoms with Crippen LogP contribution in [-0.4, -0.2) is 29.2 Å². The molecule has 146 valence electrons. The number of carbonyl (C=O) groups is 1. The molecule has 0 unspecified atom stereocenters. The van der Waals surface area contributed by atoms with E-state index in [0.29, 0.717) is 10.6 Å². The molecule has 1 aromatic heterocycles. The van der Waals surface area contributed by atoms with E-state index in [2.05, 4.69) is 54.2 Å². The zero-order chi connectivity index (χ0) is 20.3. The fourth-order valence-electron chi connectivity index (χ4n) is 3.57. The molecular formula is C22H25ClN4O. The molecule has 1 amide bonds. The zero-order valence-electron chi connectivity index (χ0n) is 16.7. The van der Waals surface area contributed by atoms with Gasteiger partial charge in [0.2, 0.25) is 0 Å². The number of hydrogen-bond acceptors (Lipinski definition) is 4. The Kier molecular flexibility index (Phi) is 5.84. The van der Waals surface area contributed by atoms with Crippen LogP contribution in [0.15, 0.2) is 47.8 Å². The van der Waals surface area contributed by atoms with Crippen LogP contribution in [-0.2, 0) is 0 Å². The summed E-state index contributed by atoms with van der Waals surface area (Å²) in [7, 11) is 0. The summed E-state index contributed by atoms with van der Waals surface area (Å²) in [6.07, 6.45) is 8.05. The van der Waals surface area contributed by atoms with E-state index >= 15 is 0 Å². The Labute approximate surface area is 171 Å². The lowest BCUT2D eigenvalue weighted by molar-refractivity contribution is 0.0955. The molecular weight excluding hydrogens is 372 g/mol. The molecule has 3 rings (SSSR count). The van der Waals surface area contributed by atoms with Crippen molar-refractivity contribution in [2.45, 2.75) is 39.7 Å². The Morgan fingerprint density at radius 1 is 1.32 bits per heavy atom. The van der Waals surface area contributed by atoms with Gasteiger partial charge in [-0.05, 0) is 57.0 Å². The van der Waals surface area contributed by atoms with Gasteiger partial charge in [0.25, 0.3) is 5.91 Å². The Hall–Kier alpha value is -2.66. The Morgan fingerprint density at radius 3 is 2.71 bits per heavy atom. The topological polar surface area (TPSA) is 57.6 Å². The lowest BCUT2D eigenvalue weighted by atomic mass is 9.88. The van der Waals surface area contributed by atoms with E-state index in [4.69, 9.17) is 11.6 Å². The number of pyridine rings is 1. The van der Waals surface area contributed by atoms with E-state index < -0.39 is 0 Å². The summed E-state index contributed by atoms with van der Waals surface area (Å²) in [4.78, 5) is 18.4. The van der Waals surface area contributed by atoms with Crippen LogP contribution in [0, 0.1) is 0 Å². The van der Waals surface area contributed by atoms with Gasteiger partial charge in [-0.15, -0.1) is 0 Å². The third-order valence-corrected chi connectivity index (χ3v) is 5.18. The van der Waals surface area contributed by atoms with Crippen LogP contribution in [0.1, 0.15) is 55.6 Å². The van der Waals surface area contributed by atoms with E-state index in [0.717, 1.165) is 29.8 Å². The molecule has 28 heavy (non-hydrogen) atoms. The van der Waals surface area contributed by atoms with Gasteiger partial charge in [0.1, 0.15) is 0 Å². The average molecular weight is 397 g/mol. The zero-order valence-corrected chi connectivity index (χ0v) is 17.4. The molecule has 1 aliphatic rings. The Morgan fingerprint density at radius 2 is 2.04 bits per heavy atom. The normalized spacial score (nSPS) is 15.3. The van der Waals surface area contributed by atoms with Crippen LogP contribution >= 0.6 is 11.6 Å². The first-order valence-corrected chi connectivity index (χ1v) is 9.75. The summed E-state index contributed by atoms with van der Waals surface area (Å²) in [6, 6.07) is 7.30. The van der Waals surface area contributed by atoms with Gasteiger partial charge in [-0.1, -0.05) is 24.6 Å². The number of nitrogens with zero attached hydrogens (tertiary/aromatic N) is 3. The minimum absolute atomic E-state index is 0.0649. The number of hydrazone groups is 1. The molecule has 1 aliphatic heterocycles. The van der Waals surface area contributed by atoms with Crippen molar-refractivity contribution in [1.82, 2.24) is 10.4 Å². The van der Waals surface area contributed by atoms with Gasteiger partial charge in [0.15, 0.2) is 0 Å². The van der Waals surface area contributed by atoms with Crippen molar-refractivity contribution in [2.75, 3.05) is 11.4 Å². The first-order valence-electron chi connectivity index (χ1n) is 9.38. The number of rotatable bonds is 5. The largest absolute Gasteiger partial charge is 0.362 e. The molecule has 2 aromatic rings. The summed E-state index contributed by atoms with van der Waals surface area (Å²) < 4.78 is 0. The van der Waals surface area contributed by atoms with E-state index in [1.165, 1.54) is 5.57 Å². The molecule has 0 saturated carbocycles. The summed E-state index contributed by atoms with van der Waals surface area (Å²) in [5.41, 5.74) is 7.21. The SMILES string of the molecule is CCCN1c2cc(Cl)c(/C=N\NC(=O)c3ccncc3)cc2C(C)=CC1(C)C. The quantitative estimate of drug-likeness (QED) is 0.577. The average Bonchev–Trinajstić information content (AvgIpc) is 2.66. The van der Waals surface area contributed by atoms with Crippen molar-refractivity contribution in [3.05, 3.63) is 64.4 Å². The number of aromatic nitrogens is 1. The summed E-state index contributed by atoms with van der Waals surface area (Å²) in [6.45, 7) is 9.68. The number of allylic oxidation sites excluding steroid dienone is 1. The highest BCUT2D eigenvalue weighted by atomic mass is 35.5. The number of nitrogens with one attached hydrogen (secondary N) is 1. The third kappa shape index (κ3) is 4.09. The van der Waals surface area contributed by atoms with Crippen LogP contribution in [0.25, 0.3) is 5.57 Å². The second-order valence-electron chi connectivity index (χ2n) is 7.46. The lowest BCUT2D eigenvalue weighted by Crippen LogP contribution is -2.45. The highest BCUT2D eigenvalue weighted by Gasteiger charge is 2.31. The van der Waals surface area contributed by atoms with Gasteiger partial charge in [-0.3, -0.25) is 9.78 Å². The summed E-state index contributed by atoms with van der Waals surface area (Å²) in [5.74, 6) is -0.292. The fourth-order valence-corrected chi connectivity index (χ4v) is 3.78. The number of amides is 1. The van der Waals surface area contributed by atoms with Crippen molar-refractivity contribution in [3.63, 3.8) is 0 Å². The molecule has 0 radical (unpaired) electrons. The molecule has 1 N–H and O–H groups in total. The highest BCUT2D eigenvalue weighted by Crippen LogP contribution is 2.41.